The molecule has 0 heterocycles. The summed E-state index contributed by atoms with van der Waals surface area (Å²) in [7, 11) is 0. The predicted molar refractivity (Wildman–Crippen MR) is 52.6 cm³/mol. The van der Waals surface area contributed by atoms with Crippen molar-refractivity contribution in [2.45, 2.75) is 19.5 Å². The molecule has 0 aliphatic carbocycles. The number of para-hydroxylation sites is 1. The molecule has 0 aromatic heterocycles. The van der Waals surface area contributed by atoms with E-state index in [-0.39, 0.29) is 5.56 Å². The van der Waals surface area contributed by atoms with Crippen LogP contribution >= 0.6 is 0 Å². The summed E-state index contributed by atoms with van der Waals surface area (Å²) < 4.78 is 53.6. The summed E-state index contributed by atoms with van der Waals surface area (Å²) in [6.07, 6.45) is -5.57. The van der Waals surface area contributed by atoms with E-state index >= 15 is 0 Å². The normalized spacial score (nSPS) is 11.4. The van der Waals surface area contributed by atoms with Gasteiger partial charge in [0.2, 0.25) is 0 Å². The van der Waals surface area contributed by atoms with E-state index in [1.807, 2.05) is 0 Å². The molecule has 17 heavy (non-hydrogen) atoms. The summed E-state index contributed by atoms with van der Waals surface area (Å²) in [5, 5.41) is 0. The zero-order valence-corrected chi connectivity index (χ0v) is 8.97. The van der Waals surface area contributed by atoms with Gasteiger partial charge < -0.3 is 4.74 Å². The molecule has 0 amide bonds. The number of Topliss-reactive ketones (excluding diaryl/α,β-unsaturated/α-hetero) is 1. The Balaban J connectivity index is 2.79. The molecule has 0 saturated carbocycles. The van der Waals surface area contributed by atoms with Gasteiger partial charge in [-0.1, -0.05) is 6.07 Å². The molecule has 1 aromatic rings. The molecule has 0 aliphatic rings. The third kappa shape index (κ3) is 4.05. The summed E-state index contributed by atoms with van der Waals surface area (Å²) in [5.41, 5.74) is -0.0628. The molecular formula is C11H10F4O2. The minimum atomic E-state index is -4.37. The monoisotopic (exact) mass is 250 g/mol. The first-order valence-electron chi connectivity index (χ1n) is 4.80. The van der Waals surface area contributed by atoms with Crippen LogP contribution in [0.3, 0.4) is 0 Å². The highest BCUT2D eigenvalue weighted by molar-refractivity contribution is 5.96. The number of hydrogen-bond donors (Lipinski definition) is 0. The number of alkyl halides is 3. The van der Waals surface area contributed by atoms with Gasteiger partial charge in [-0.3, -0.25) is 4.79 Å². The number of carbonyl (C=O) groups is 1. The van der Waals surface area contributed by atoms with Crippen LogP contribution in [-0.4, -0.2) is 18.6 Å². The van der Waals surface area contributed by atoms with Crippen LogP contribution in [0, 0.1) is 5.82 Å². The average molecular weight is 250 g/mol. The Bertz CT molecular complexity index is 412. The Labute approximate surface area is 95.2 Å². The Morgan fingerprint density at radius 2 is 2.00 bits per heavy atom. The van der Waals surface area contributed by atoms with Crippen molar-refractivity contribution in [2.24, 2.45) is 0 Å². The van der Waals surface area contributed by atoms with Crippen LogP contribution in [0.1, 0.15) is 23.7 Å². The number of ether oxygens (including phenoxy) is 1. The van der Waals surface area contributed by atoms with E-state index < -0.39 is 36.6 Å². The molecule has 0 N–H and O–H groups in total. The van der Waals surface area contributed by atoms with Crippen molar-refractivity contribution >= 4 is 5.78 Å². The van der Waals surface area contributed by atoms with Gasteiger partial charge in [0.05, 0.1) is 18.6 Å². The van der Waals surface area contributed by atoms with Crippen LogP contribution in [0.2, 0.25) is 0 Å². The van der Waals surface area contributed by atoms with Crippen LogP contribution in [0.5, 0.6) is 5.75 Å². The van der Waals surface area contributed by atoms with E-state index in [0.717, 1.165) is 6.07 Å². The molecule has 0 fully saturated rings. The first-order chi connectivity index (χ1) is 7.81. The maximum absolute atomic E-state index is 13.3. The largest absolute Gasteiger partial charge is 0.489 e. The maximum atomic E-state index is 13.3. The van der Waals surface area contributed by atoms with Crippen LogP contribution in [0.15, 0.2) is 18.2 Å². The van der Waals surface area contributed by atoms with Gasteiger partial charge in [-0.05, 0) is 19.1 Å². The lowest BCUT2D eigenvalue weighted by molar-refractivity contribution is -0.139. The summed E-state index contributed by atoms with van der Waals surface area (Å²) in [5.74, 6) is -1.74. The maximum Gasteiger partial charge on any atom is 0.392 e. The number of hydrogen-bond acceptors (Lipinski definition) is 2. The van der Waals surface area contributed by atoms with E-state index in [1.165, 1.54) is 19.1 Å². The number of ketones is 1. The molecule has 6 heteroatoms. The Kier molecular flexibility index (Phi) is 4.09. The van der Waals surface area contributed by atoms with Crippen molar-refractivity contribution in [1.82, 2.24) is 0 Å². The molecule has 0 atom stereocenters. The van der Waals surface area contributed by atoms with E-state index in [1.54, 1.807) is 0 Å². The fraction of sp³-hybridized carbons (Fsp3) is 0.364. The zero-order chi connectivity index (χ0) is 13.1. The second kappa shape index (κ2) is 5.16. The van der Waals surface area contributed by atoms with Crippen molar-refractivity contribution < 1.29 is 27.1 Å². The fourth-order valence-electron chi connectivity index (χ4n) is 1.20. The van der Waals surface area contributed by atoms with Crippen molar-refractivity contribution in [2.75, 3.05) is 6.61 Å². The van der Waals surface area contributed by atoms with E-state index in [9.17, 15) is 22.4 Å². The van der Waals surface area contributed by atoms with E-state index in [2.05, 4.69) is 4.74 Å². The lowest BCUT2D eigenvalue weighted by Gasteiger charge is -2.11. The molecule has 94 valence electrons. The molecule has 2 nitrogen and oxygen atoms in total. The zero-order valence-electron chi connectivity index (χ0n) is 8.97. The minimum absolute atomic E-state index is 0.0628. The van der Waals surface area contributed by atoms with Crippen molar-refractivity contribution in [3.63, 3.8) is 0 Å². The molecule has 0 bridgehead atoms. The standard InChI is InChI=1S/C11H10F4O2/c1-7(16)8-3-2-4-9(12)10(8)17-6-5-11(13,14)15/h2-4H,5-6H2,1H3. The SMILES string of the molecule is CC(=O)c1cccc(F)c1OCCC(F)(F)F. The predicted octanol–water partition coefficient (Wildman–Crippen LogP) is 3.36. The highest BCUT2D eigenvalue weighted by Crippen LogP contribution is 2.25. The van der Waals surface area contributed by atoms with Gasteiger partial charge >= 0.3 is 6.18 Å². The van der Waals surface area contributed by atoms with Crippen molar-refractivity contribution in [3.8, 4) is 5.75 Å². The molecule has 0 spiro atoms. The summed E-state index contributed by atoms with van der Waals surface area (Å²) >= 11 is 0. The third-order valence-corrected chi connectivity index (χ3v) is 1.98. The summed E-state index contributed by atoms with van der Waals surface area (Å²) in [6.45, 7) is 0.468. The fourth-order valence-corrected chi connectivity index (χ4v) is 1.20. The lowest BCUT2D eigenvalue weighted by atomic mass is 10.1. The first kappa shape index (κ1) is 13.5. The third-order valence-electron chi connectivity index (χ3n) is 1.98. The minimum Gasteiger partial charge on any atom is -0.489 e. The topological polar surface area (TPSA) is 26.3 Å². The molecule has 0 unspecified atom stereocenters. The van der Waals surface area contributed by atoms with Gasteiger partial charge in [-0.25, -0.2) is 4.39 Å². The van der Waals surface area contributed by atoms with Crippen LogP contribution < -0.4 is 4.74 Å². The molecule has 1 aromatic carbocycles. The Hall–Kier alpha value is -1.59. The highest BCUT2D eigenvalue weighted by atomic mass is 19.4. The average Bonchev–Trinajstić information content (AvgIpc) is 2.18. The van der Waals surface area contributed by atoms with Crippen LogP contribution in [-0.2, 0) is 0 Å². The van der Waals surface area contributed by atoms with Crippen LogP contribution in [0.25, 0.3) is 0 Å². The molecule has 0 saturated heterocycles. The number of halogens is 4. The lowest BCUT2D eigenvalue weighted by Crippen LogP contribution is -2.14. The van der Waals surface area contributed by atoms with Gasteiger partial charge in [-0.2, -0.15) is 13.2 Å². The van der Waals surface area contributed by atoms with Gasteiger partial charge in [0.15, 0.2) is 17.3 Å². The quantitative estimate of drug-likeness (QED) is 0.605. The smallest absolute Gasteiger partial charge is 0.392 e. The van der Waals surface area contributed by atoms with Gasteiger partial charge in [0.1, 0.15) is 0 Å². The van der Waals surface area contributed by atoms with Gasteiger partial charge in [0.25, 0.3) is 0 Å². The van der Waals surface area contributed by atoms with E-state index in [0.29, 0.717) is 0 Å². The Morgan fingerprint density at radius 3 is 2.53 bits per heavy atom. The first-order valence-corrected chi connectivity index (χ1v) is 4.80. The Morgan fingerprint density at radius 1 is 1.35 bits per heavy atom. The molecular weight excluding hydrogens is 240 g/mol. The number of rotatable bonds is 4. The number of benzene rings is 1. The van der Waals surface area contributed by atoms with Gasteiger partial charge in [-0.15, -0.1) is 0 Å². The second-order valence-electron chi connectivity index (χ2n) is 3.39. The highest BCUT2D eigenvalue weighted by Gasteiger charge is 2.27. The van der Waals surface area contributed by atoms with Crippen molar-refractivity contribution in [3.05, 3.63) is 29.6 Å². The summed E-state index contributed by atoms with van der Waals surface area (Å²) in [6, 6.07) is 3.62. The number of carbonyl (C=O) groups excluding carboxylic acids is 1. The summed E-state index contributed by atoms with van der Waals surface area (Å²) in [4.78, 5) is 11.1. The molecule has 1 rings (SSSR count). The molecule has 0 radical (unpaired) electrons. The van der Waals surface area contributed by atoms with Crippen molar-refractivity contribution in [1.29, 1.82) is 0 Å². The second-order valence-corrected chi connectivity index (χ2v) is 3.39. The molecule has 0 aliphatic heterocycles. The van der Waals surface area contributed by atoms with Crippen LogP contribution in [0.4, 0.5) is 17.6 Å². The van der Waals surface area contributed by atoms with Gasteiger partial charge in [0, 0.05) is 0 Å². The van der Waals surface area contributed by atoms with E-state index in [4.69, 9.17) is 0 Å².